The van der Waals surface area contributed by atoms with E-state index in [2.05, 4.69) is 18.8 Å². The Kier molecular flexibility index (Phi) is 2.00. The molecule has 0 spiro atoms. The summed E-state index contributed by atoms with van der Waals surface area (Å²) in [4.78, 5) is 3.11. The summed E-state index contributed by atoms with van der Waals surface area (Å²) in [6.07, 6.45) is 2.92. The number of nitrogen functional groups attached to an aromatic ring is 1. The predicted molar refractivity (Wildman–Crippen MR) is 43.7 cm³/mol. The Hall–Kier alpha value is -0.920. The van der Waals surface area contributed by atoms with Gasteiger partial charge < -0.3 is 10.7 Å². The molecule has 0 atom stereocenters. The number of hydrogen-bond donors (Lipinski definition) is 2. The van der Waals surface area contributed by atoms with E-state index >= 15 is 0 Å². The molecule has 56 valence electrons. The third-order valence-electron chi connectivity index (χ3n) is 1.48. The molecule has 0 saturated carbocycles. The van der Waals surface area contributed by atoms with Gasteiger partial charge in [-0.1, -0.05) is 13.8 Å². The van der Waals surface area contributed by atoms with E-state index in [0.29, 0.717) is 5.92 Å². The largest absolute Gasteiger partial charge is 0.397 e. The Labute approximate surface area is 61.4 Å². The predicted octanol–water partition coefficient (Wildman–Crippen LogP) is 1.80. The summed E-state index contributed by atoms with van der Waals surface area (Å²) in [6, 6.07) is 1.90. The van der Waals surface area contributed by atoms with E-state index in [1.54, 1.807) is 0 Å². The Balaban J connectivity index is 2.65. The molecular weight excluding hydrogens is 124 g/mol. The molecule has 0 amide bonds. The first kappa shape index (κ1) is 7.19. The fourth-order valence-electron chi connectivity index (χ4n) is 1.00. The number of aromatic amines is 1. The minimum Gasteiger partial charge on any atom is -0.397 e. The lowest BCUT2D eigenvalue weighted by Gasteiger charge is -2.02. The maximum atomic E-state index is 5.66. The zero-order valence-electron chi connectivity index (χ0n) is 6.52. The zero-order valence-corrected chi connectivity index (χ0v) is 6.52. The van der Waals surface area contributed by atoms with Crippen LogP contribution < -0.4 is 5.73 Å². The van der Waals surface area contributed by atoms with Gasteiger partial charge in [-0.2, -0.15) is 0 Å². The number of nitrogens with two attached hydrogens (primary N) is 1. The lowest BCUT2D eigenvalue weighted by Crippen LogP contribution is -1.97. The van der Waals surface area contributed by atoms with E-state index in [0.717, 1.165) is 17.8 Å². The molecule has 10 heavy (non-hydrogen) atoms. The lowest BCUT2D eigenvalue weighted by molar-refractivity contribution is 0.639. The number of nitrogens with one attached hydrogen (secondary N) is 1. The SMILES string of the molecule is CC(C)Cc1[nH]ccc1N. The van der Waals surface area contributed by atoms with Gasteiger partial charge in [0.15, 0.2) is 0 Å². The van der Waals surface area contributed by atoms with Crippen molar-refractivity contribution in [2.24, 2.45) is 5.92 Å². The van der Waals surface area contributed by atoms with Gasteiger partial charge >= 0.3 is 0 Å². The minimum atomic E-state index is 0.668. The smallest absolute Gasteiger partial charge is 0.0524 e. The summed E-state index contributed by atoms with van der Waals surface area (Å²) in [7, 11) is 0. The molecule has 0 aliphatic carbocycles. The molecule has 0 aromatic carbocycles. The van der Waals surface area contributed by atoms with Crippen molar-refractivity contribution in [3.8, 4) is 0 Å². The van der Waals surface area contributed by atoms with Crippen molar-refractivity contribution < 1.29 is 0 Å². The molecule has 2 nitrogen and oxygen atoms in total. The Morgan fingerprint density at radius 2 is 2.30 bits per heavy atom. The quantitative estimate of drug-likeness (QED) is 0.642. The van der Waals surface area contributed by atoms with Crippen LogP contribution in [0.2, 0.25) is 0 Å². The Morgan fingerprint density at radius 1 is 1.60 bits per heavy atom. The van der Waals surface area contributed by atoms with E-state index in [9.17, 15) is 0 Å². The molecule has 0 bridgehead atoms. The molecular formula is C8H14N2. The number of hydrogen-bond acceptors (Lipinski definition) is 1. The van der Waals surface area contributed by atoms with Crippen molar-refractivity contribution in [3.05, 3.63) is 18.0 Å². The van der Waals surface area contributed by atoms with Gasteiger partial charge in [0.1, 0.15) is 0 Å². The van der Waals surface area contributed by atoms with Crippen LogP contribution in [0.5, 0.6) is 0 Å². The van der Waals surface area contributed by atoms with Crippen molar-refractivity contribution in [2.75, 3.05) is 5.73 Å². The second-order valence-electron chi connectivity index (χ2n) is 3.01. The third-order valence-corrected chi connectivity index (χ3v) is 1.48. The van der Waals surface area contributed by atoms with Crippen LogP contribution in [0, 0.1) is 5.92 Å². The minimum absolute atomic E-state index is 0.668. The number of aromatic nitrogens is 1. The Morgan fingerprint density at radius 3 is 2.70 bits per heavy atom. The van der Waals surface area contributed by atoms with Crippen LogP contribution in [-0.4, -0.2) is 4.98 Å². The average Bonchev–Trinajstić information content (AvgIpc) is 2.15. The first-order chi connectivity index (χ1) is 4.70. The third kappa shape index (κ3) is 1.53. The summed E-state index contributed by atoms with van der Waals surface area (Å²) in [5.74, 6) is 0.668. The molecule has 0 aliphatic rings. The molecule has 3 N–H and O–H groups in total. The van der Waals surface area contributed by atoms with E-state index in [-0.39, 0.29) is 0 Å². The summed E-state index contributed by atoms with van der Waals surface area (Å²) in [6.45, 7) is 4.36. The summed E-state index contributed by atoms with van der Waals surface area (Å²) in [5.41, 5.74) is 7.70. The van der Waals surface area contributed by atoms with Crippen LogP contribution in [0.25, 0.3) is 0 Å². The second kappa shape index (κ2) is 2.78. The fourth-order valence-corrected chi connectivity index (χ4v) is 1.00. The van der Waals surface area contributed by atoms with E-state index < -0.39 is 0 Å². The highest BCUT2D eigenvalue weighted by molar-refractivity contribution is 5.42. The summed E-state index contributed by atoms with van der Waals surface area (Å²) < 4.78 is 0. The first-order valence-corrected chi connectivity index (χ1v) is 3.62. The van der Waals surface area contributed by atoms with Crippen molar-refractivity contribution in [1.82, 2.24) is 4.98 Å². The molecule has 1 rings (SSSR count). The van der Waals surface area contributed by atoms with Gasteiger partial charge in [0.05, 0.1) is 5.69 Å². The topological polar surface area (TPSA) is 41.8 Å². The molecule has 2 heteroatoms. The average molecular weight is 138 g/mol. The standard InChI is InChI=1S/C8H14N2/c1-6(2)5-8-7(9)3-4-10-8/h3-4,6,10H,5,9H2,1-2H3. The Bertz CT molecular complexity index is 201. The van der Waals surface area contributed by atoms with Crippen LogP contribution in [-0.2, 0) is 6.42 Å². The molecule has 0 unspecified atom stereocenters. The van der Waals surface area contributed by atoms with E-state index in [1.165, 1.54) is 0 Å². The van der Waals surface area contributed by atoms with Gasteiger partial charge in [-0.3, -0.25) is 0 Å². The molecule has 1 aromatic rings. The van der Waals surface area contributed by atoms with Crippen LogP contribution >= 0.6 is 0 Å². The maximum Gasteiger partial charge on any atom is 0.0524 e. The lowest BCUT2D eigenvalue weighted by atomic mass is 10.1. The highest BCUT2D eigenvalue weighted by atomic mass is 14.7. The normalized spacial score (nSPS) is 10.7. The number of H-pyrrole nitrogens is 1. The summed E-state index contributed by atoms with van der Waals surface area (Å²) >= 11 is 0. The zero-order chi connectivity index (χ0) is 7.56. The van der Waals surface area contributed by atoms with Crippen LogP contribution in [0.4, 0.5) is 5.69 Å². The van der Waals surface area contributed by atoms with Gasteiger partial charge in [-0.05, 0) is 18.4 Å². The monoisotopic (exact) mass is 138 g/mol. The first-order valence-electron chi connectivity index (χ1n) is 3.62. The molecule has 1 heterocycles. The van der Waals surface area contributed by atoms with Crippen molar-refractivity contribution >= 4 is 5.69 Å². The van der Waals surface area contributed by atoms with Crippen LogP contribution in [0.1, 0.15) is 19.5 Å². The fraction of sp³-hybridized carbons (Fsp3) is 0.500. The van der Waals surface area contributed by atoms with Gasteiger partial charge in [0.2, 0.25) is 0 Å². The molecule has 0 fully saturated rings. The van der Waals surface area contributed by atoms with E-state index in [1.807, 2.05) is 12.3 Å². The number of anilines is 1. The van der Waals surface area contributed by atoms with Crippen LogP contribution in [0.15, 0.2) is 12.3 Å². The van der Waals surface area contributed by atoms with Crippen molar-refractivity contribution in [2.45, 2.75) is 20.3 Å². The van der Waals surface area contributed by atoms with Gasteiger partial charge in [-0.15, -0.1) is 0 Å². The second-order valence-corrected chi connectivity index (χ2v) is 3.01. The van der Waals surface area contributed by atoms with Crippen molar-refractivity contribution in [3.63, 3.8) is 0 Å². The van der Waals surface area contributed by atoms with Crippen molar-refractivity contribution in [1.29, 1.82) is 0 Å². The maximum absolute atomic E-state index is 5.66. The number of rotatable bonds is 2. The molecule has 0 radical (unpaired) electrons. The van der Waals surface area contributed by atoms with Gasteiger partial charge in [0, 0.05) is 11.9 Å². The molecule has 0 saturated heterocycles. The molecule has 1 aromatic heterocycles. The van der Waals surface area contributed by atoms with Crippen LogP contribution in [0.3, 0.4) is 0 Å². The van der Waals surface area contributed by atoms with Gasteiger partial charge in [0.25, 0.3) is 0 Å². The molecule has 0 aliphatic heterocycles. The summed E-state index contributed by atoms with van der Waals surface area (Å²) in [5, 5.41) is 0. The van der Waals surface area contributed by atoms with E-state index in [4.69, 9.17) is 5.73 Å². The highest BCUT2D eigenvalue weighted by Crippen LogP contribution is 2.12. The van der Waals surface area contributed by atoms with Gasteiger partial charge in [-0.25, -0.2) is 0 Å². The highest BCUT2D eigenvalue weighted by Gasteiger charge is 2.01.